The molecule has 0 radical (unpaired) electrons. The fourth-order valence-corrected chi connectivity index (χ4v) is 2.04. The molecule has 0 unspecified atom stereocenters. The Balaban J connectivity index is 2.29. The van der Waals surface area contributed by atoms with Crippen molar-refractivity contribution < 1.29 is 4.42 Å². The topological polar surface area (TPSA) is 30.2 Å². The van der Waals surface area contributed by atoms with Crippen molar-refractivity contribution in [3.63, 3.8) is 0 Å². The molecule has 3 aromatic rings. The van der Waals surface area contributed by atoms with E-state index in [1.165, 1.54) is 0 Å². The molecule has 2 aromatic carbocycles. The van der Waals surface area contributed by atoms with Gasteiger partial charge in [-0.1, -0.05) is 42.5 Å². The van der Waals surface area contributed by atoms with Crippen LogP contribution >= 0.6 is 0 Å². The normalized spacial score (nSPS) is 10.7. The van der Waals surface area contributed by atoms with Crippen LogP contribution in [0.15, 0.2) is 63.8 Å². The molecule has 0 amide bonds. The Morgan fingerprint density at radius 2 is 1.72 bits per heavy atom. The Morgan fingerprint density at radius 1 is 0.944 bits per heavy atom. The molecule has 2 heteroatoms. The first-order chi connectivity index (χ1) is 8.74. The van der Waals surface area contributed by atoms with Crippen LogP contribution < -0.4 is 5.63 Å². The lowest BCUT2D eigenvalue weighted by atomic mass is 10.1. The molecule has 1 heterocycles. The Hall–Kier alpha value is -2.35. The van der Waals surface area contributed by atoms with E-state index in [1.54, 1.807) is 0 Å². The second-order valence-corrected chi connectivity index (χ2v) is 4.35. The molecule has 0 aliphatic rings. The van der Waals surface area contributed by atoms with Crippen molar-refractivity contribution >= 4 is 11.0 Å². The van der Waals surface area contributed by atoms with E-state index in [1.807, 2.05) is 61.5 Å². The van der Waals surface area contributed by atoms with Gasteiger partial charge in [-0.3, -0.25) is 0 Å². The van der Waals surface area contributed by atoms with Gasteiger partial charge in [-0.05, 0) is 30.2 Å². The molecule has 1 aromatic heterocycles. The lowest BCUT2D eigenvalue weighted by molar-refractivity contribution is 0.563. The van der Waals surface area contributed by atoms with Gasteiger partial charge in [0.25, 0.3) is 0 Å². The third kappa shape index (κ3) is 1.82. The van der Waals surface area contributed by atoms with Crippen molar-refractivity contribution in [2.75, 3.05) is 0 Å². The molecule has 2 nitrogen and oxygen atoms in total. The van der Waals surface area contributed by atoms with Gasteiger partial charge in [0.05, 0.1) is 5.56 Å². The average molecular weight is 236 g/mol. The predicted molar refractivity (Wildman–Crippen MR) is 72.7 cm³/mol. The molecule has 0 fully saturated rings. The van der Waals surface area contributed by atoms with Gasteiger partial charge in [-0.2, -0.15) is 0 Å². The largest absolute Gasteiger partial charge is 0.422 e. The van der Waals surface area contributed by atoms with Gasteiger partial charge in [-0.25, -0.2) is 4.79 Å². The van der Waals surface area contributed by atoms with Crippen LogP contribution in [0.2, 0.25) is 0 Å². The summed E-state index contributed by atoms with van der Waals surface area (Å²) in [6.07, 6.45) is 0. The van der Waals surface area contributed by atoms with Crippen LogP contribution in [0.1, 0.15) is 5.56 Å². The second-order valence-electron chi connectivity index (χ2n) is 4.35. The summed E-state index contributed by atoms with van der Waals surface area (Å²) >= 11 is 0. The lowest BCUT2D eigenvalue weighted by Gasteiger charge is -2.02. The van der Waals surface area contributed by atoms with Crippen LogP contribution in [-0.2, 0) is 0 Å². The van der Waals surface area contributed by atoms with Crippen molar-refractivity contribution in [2.45, 2.75) is 6.92 Å². The molecule has 3 rings (SSSR count). The van der Waals surface area contributed by atoms with E-state index in [0.29, 0.717) is 11.1 Å². The quantitative estimate of drug-likeness (QED) is 0.602. The predicted octanol–water partition coefficient (Wildman–Crippen LogP) is 3.77. The van der Waals surface area contributed by atoms with Gasteiger partial charge in [0.2, 0.25) is 0 Å². The first kappa shape index (κ1) is 10.8. The molecule has 18 heavy (non-hydrogen) atoms. The maximum Gasteiger partial charge on any atom is 0.344 e. The zero-order chi connectivity index (χ0) is 12.5. The lowest BCUT2D eigenvalue weighted by Crippen LogP contribution is -2.02. The molecule has 0 N–H and O–H groups in total. The van der Waals surface area contributed by atoms with E-state index >= 15 is 0 Å². The van der Waals surface area contributed by atoms with Crippen LogP contribution in [0.5, 0.6) is 0 Å². The first-order valence-corrected chi connectivity index (χ1v) is 5.84. The fourth-order valence-electron chi connectivity index (χ4n) is 2.04. The van der Waals surface area contributed by atoms with Gasteiger partial charge < -0.3 is 4.42 Å². The number of hydrogen-bond donors (Lipinski definition) is 0. The Bertz CT molecular complexity index is 755. The second kappa shape index (κ2) is 4.15. The van der Waals surface area contributed by atoms with Crippen molar-refractivity contribution in [3.05, 3.63) is 70.6 Å². The van der Waals surface area contributed by atoms with E-state index in [4.69, 9.17) is 4.42 Å². The van der Waals surface area contributed by atoms with Crippen LogP contribution in [0.4, 0.5) is 0 Å². The van der Waals surface area contributed by atoms with Gasteiger partial charge in [0.1, 0.15) is 5.58 Å². The highest BCUT2D eigenvalue weighted by atomic mass is 16.4. The van der Waals surface area contributed by atoms with E-state index in [2.05, 4.69) is 0 Å². The highest BCUT2D eigenvalue weighted by Crippen LogP contribution is 2.21. The van der Waals surface area contributed by atoms with Gasteiger partial charge in [0, 0.05) is 5.39 Å². The minimum absolute atomic E-state index is 0.292. The molecule has 0 aliphatic heterocycles. The van der Waals surface area contributed by atoms with Crippen LogP contribution in [0.3, 0.4) is 0 Å². The van der Waals surface area contributed by atoms with Crippen molar-refractivity contribution in [2.24, 2.45) is 0 Å². The zero-order valence-electron chi connectivity index (χ0n) is 10.0. The highest BCUT2D eigenvalue weighted by molar-refractivity contribution is 5.82. The minimum Gasteiger partial charge on any atom is -0.422 e. The van der Waals surface area contributed by atoms with Gasteiger partial charge >= 0.3 is 5.63 Å². The molecule has 0 spiro atoms. The molecule has 0 bridgehead atoms. The van der Waals surface area contributed by atoms with Crippen molar-refractivity contribution in [1.82, 2.24) is 0 Å². The van der Waals surface area contributed by atoms with Gasteiger partial charge in [-0.15, -0.1) is 0 Å². The maximum absolute atomic E-state index is 12.0. The molecular formula is C16H12O2. The molecule has 0 saturated heterocycles. The standard InChI is InChI=1S/C16H12O2/c1-11-7-8-13-10-14(12-5-3-2-4-6-12)16(17)18-15(13)9-11/h2-10H,1H3. The highest BCUT2D eigenvalue weighted by Gasteiger charge is 2.07. The third-order valence-corrected chi connectivity index (χ3v) is 2.98. The Labute approximate surface area is 105 Å². The summed E-state index contributed by atoms with van der Waals surface area (Å²) in [5, 5.41) is 0.944. The average Bonchev–Trinajstić information content (AvgIpc) is 2.39. The Kier molecular flexibility index (Phi) is 2.49. The van der Waals surface area contributed by atoms with E-state index < -0.39 is 0 Å². The Morgan fingerprint density at radius 3 is 2.50 bits per heavy atom. The van der Waals surface area contributed by atoms with E-state index in [0.717, 1.165) is 16.5 Å². The number of rotatable bonds is 1. The van der Waals surface area contributed by atoms with Crippen molar-refractivity contribution in [3.8, 4) is 11.1 Å². The summed E-state index contributed by atoms with van der Waals surface area (Å²) in [5.74, 6) is 0. The maximum atomic E-state index is 12.0. The summed E-state index contributed by atoms with van der Waals surface area (Å²) in [6.45, 7) is 1.98. The number of benzene rings is 2. The smallest absolute Gasteiger partial charge is 0.344 e. The van der Waals surface area contributed by atoms with Crippen LogP contribution in [0.25, 0.3) is 22.1 Å². The SMILES string of the molecule is Cc1ccc2cc(-c3ccccc3)c(=O)oc2c1. The van der Waals surface area contributed by atoms with Crippen LogP contribution in [-0.4, -0.2) is 0 Å². The number of fused-ring (bicyclic) bond motifs is 1. The molecule has 0 aliphatic carbocycles. The molecule has 0 atom stereocenters. The fraction of sp³-hybridized carbons (Fsp3) is 0.0625. The number of aryl methyl sites for hydroxylation is 1. The summed E-state index contributed by atoms with van der Waals surface area (Å²) in [6, 6.07) is 17.3. The zero-order valence-corrected chi connectivity index (χ0v) is 10.0. The molecular weight excluding hydrogens is 224 g/mol. The summed E-state index contributed by atoms with van der Waals surface area (Å²) in [5.41, 5.74) is 2.91. The van der Waals surface area contributed by atoms with Crippen molar-refractivity contribution in [1.29, 1.82) is 0 Å². The first-order valence-electron chi connectivity index (χ1n) is 5.84. The molecule has 0 saturated carbocycles. The van der Waals surface area contributed by atoms with E-state index in [-0.39, 0.29) is 5.63 Å². The summed E-state index contributed by atoms with van der Waals surface area (Å²) < 4.78 is 5.37. The summed E-state index contributed by atoms with van der Waals surface area (Å²) in [7, 11) is 0. The number of hydrogen-bond acceptors (Lipinski definition) is 2. The van der Waals surface area contributed by atoms with E-state index in [9.17, 15) is 4.79 Å². The summed E-state index contributed by atoms with van der Waals surface area (Å²) in [4.78, 5) is 12.0. The third-order valence-electron chi connectivity index (χ3n) is 2.98. The molecule has 88 valence electrons. The van der Waals surface area contributed by atoms with Gasteiger partial charge in [0.15, 0.2) is 0 Å². The van der Waals surface area contributed by atoms with Crippen LogP contribution in [0, 0.1) is 6.92 Å². The minimum atomic E-state index is -0.292. The monoisotopic (exact) mass is 236 g/mol.